The van der Waals surface area contributed by atoms with Gasteiger partial charge < -0.3 is 39.1 Å². The number of ether oxygens (including phenoxy) is 4. The number of halogens is 4. The standard InChI is InChI=1S/C32H32ClF3N4O7/c33-31-37-30(40(42)43)19-39(31)16-13-24(41)21-45-25-7-3-23(4-8-25)38-17-14-28(15-18-38)46-27-11-9-26(10-12-27)44-20-22-1-5-29(6-2-22)47-32(34,35)36/h1-12,19,24,28,41H,13-18,20-21H2. The first kappa shape index (κ1) is 33.7. The van der Waals surface area contributed by atoms with Gasteiger partial charge in [0.1, 0.15) is 48.5 Å². The Bertz CT molecular complexity index is 1600. The fraction of sp³-hybridized carbons (Fsp3) is 0.344. The molecule has 2 heterocycles. The zero-order valence-electron chi connectivity index (χ0n) is 25.0. The van der Waals surface area contributed by atoms with Crippen LogP contribution in [0.3, 0.4) is 0 Å². The van der Waals surface area contributed by atoms with Crippen LogP contribution in [0.15, 0.2) is 79.0 Å². The normalized spacial score (nSPS) is 14.4. The van der Waals surface area contributed by atoms with Crippen molar-refractivity contribution in [2.75, 3.05) is 24.6 Å². The number of benzene rings is 3. The zero-order valence-corrected chi connectivity index (χ0v) is 25.8. The minimum absolute atomic E-state index is 0.0103. The topological polar surface area (TPSA) is 121 Å². The quantitative estimate of drug-likeness (QED) is 0.114. The van der Waals surface area contributed by atoms with Gasteiger partial charge in [-0.05, 0) is 94.2 Å². The Kier molecular flexibility index (Phi) is 10.9. The van der Waals surface area contributed by atoms with Gasteiger partial charge >= 0.3 is 17.5 Å². The molecule has 0 amide bonds. The van der Waals surface area contributed by atoms with Crippen LogP contribution in [0, 0.1) is 10.1 Å². The summed E-state index contributed by atoms with van der Waals surface area (Å²) in [5.74, 6) is 1.32. The number of imidazole rings is 1. The number of aromatic nitrogens is 2. The molecule has 1 aliphatic rings. The number of aliphatic hydroxyl groups excluding tert-OH is 1. The van der Waals surface area contributed by atoms with Crippen LogP contribution in [0.4, 0.5) is 24.7 Å². The molecule has 11 nitrogen and oxygen atoms in total. The van der Waals surface area contributed by atoms with Crippen molar-refractivity contribution in [3.8, 4) is 23.0 Å². The van der Waals surface area contributed by atoms with Gasteiger partial charge in [-0.1, -0.05) is 12.1 Å². The lowest BCUT2D eigenvalue weighted by atomic mass is 10.1. The predicted octanol–water partition coefficient (Wildman–Crippen LogP) is 6.80. The van der Waals surface area contributed by atoms with Crippen molar-refractivity contribution in [3.63, 3.8) is 0 Å². The number of hydrogen-bond donors (Lipinski definition) is 1. The first-order valence-electron chi connectivity index (χ1n) is 14.8. The summed E-state index contributed by atoms with van der Waals surface area (Å²) in [7, 11) is 0. The maximum Gasteiger partial charge on any atom is 0.573 e. The Hall–Kier alpha value is -4.69. The number of anilines is 1. The molecule has 0 bridgehead atoms. The summed E-state index contributed by atoms with van der Waals surface area (Å²) in [6, 6.07) is 20.4. The van der Waals surface area contributed by atoms with Crippen LogP contribution >= 0.6 is 11.6 Å². The molecule has 0 saturated carbocycles. The molecule has 47 heavy (non-hydrogen) atoms. The van der Waals surface area contributed by atoms with Crippen molar-refractivity contribution in [2.45, 2.75) is 51.0 Å². The van der Waals surface area contributed by atoms with Gasteiger partial charge in [0.05, 0.1) is 6.10 Å². The maximum absolute atomic E-state index is 12.3. The van der Waals surface area contributed by atoms with E-state index >= 15 is 0 Å². The number of nitrogens with zero attached hydrogens (tertiary/aromatic N) is 4. The number of aliphatic hydroxyl groups is 1. The molecule has 1 aromatic heterocycles. The molecule has 1 unspecified atom stereocenters. The highest BCUT2D eigenvalue weighted by Gasteiger charge is 2.31. The average molecular weight is 677 g/mol. The first-order valence-corrected chi connectivity index (χ1v) is 15.2. The predicted molar refractivity (Wildman–Crippen MR) is 166 cm³/mol. The Labute approximate surface area is 273 Å². The van der Waals surface area contributed by atoms with E-state index in [9.17, 15) is 28.4 Å². The Morgan fingerprint density at radius 1 is 0.936 bits per heavy atom. The van der Waals surface area contributed by atoms with Crippen molar-refractivity contribution in [3.05, 3.63) is 100.0 Å². The average Bonchev–Trinajstić information content (AvgIpc) is 3.43. The van der Waals surface area contributed by atoms with Gasteiger partial charge in [-0.15, -0.1) is 13.2 Å². The molecule has 15 heteroatoms. The van der Waals surface area contributed by atoms with Crippen LogP contribution in [0.25, 0.3) is 0 Å². The van der Waals surface area contributed by atoms with E-state index in [0.717, 1.165) is 37.4 Å². The summed E-state index contributed by atoms with van der Waals surface area (Å²) in [5, 5.41) is 21.1. The molecular weight excluding hydrogens is 645 g/mol. The maximum atomic E-state index is 12.3. The minimum Gasteiger partial charge on any atom is -0.491 e. The van der Waals surface area contributed by atoms with E-state index in [-0.39, 0.29) is 49.1 Å². The van der Waals surface area contributed by atoms with E-state index < -0.39 is 17.4 Å². The van der Waals surface area contributed by atoms with E-state index in [4.69, 9.17) is 25.8 Å². The molecule has 1 fully saturated rings. The van der Waals surface area contributed by atoms with E-state index in [1.165, 1.54) is 35.0 Å². The summed E-state index contributed by atoms with van der Waals surface area (Å²) in [6.45, 7) is 2.13. The van der Waals surface area contributed by atoms with Gasteiger partial charge in [0.2, 0.25) is 0 Å². The van der Waals surface area contributed by atoms with Gasteiger partial charge in [0.25, 0.3) is 0 Å². The third-order valence-electron chi connectivity index (χ3n) is 7.38. The smallest absolute Gasteiger partial charge is 0.491 e. The second kappa shape index (κ2) is 15.3. The molecule has 5 rings (SSSR count). The highest BCUT2D eigenvalue weighted by molar-refractivity contribution is 6.28. The van der Waals surface area contributed by atoms with E-state index in [0.29, 0.717) is 17.1 Å². The number of rotatable bonds is 14. The highest BCUT2D eigenvalue weighted by atomic mass is 35.5. The third-order valence-corrected chi connectivity index (χ3v) is 7.68. The van der Waals surface area contributed by atoms with Crippen molar-refractivity contribution >= 4 is 23.1 Å². The number of hydrogen-bond acceptors (Lipinski definition) is 9. The largest absolute Gasteiger partial charge is 0.573 e. The first-order chi connectivity index (χ1) is 22.5. The third kappa shape index (κ3) is 10.1. The Balaban J connectivity index is 0.996. The van der Waals surface area contributed by atoms with Gasteiger partial charge in [-0.25, -0.2) is 0 Å². The van der Waals surface area contributed by atoms with Gasteiger partial charge in [-0.2, -0.15) is 0 Å². The number of aryl methyl sites for hydroxylation is 1. The second-order valence-corrected chi connectivity index (χ2v) is 11.2. The number of alkyl halides is 3. The van der Waals surface area contributed by atoms with Gasteiger partial charge in [0.15, 0.2) is 0 Å². The van der Waals surface area contributed by atoms with Crippen LogP contribution in [0.2, 0.25) is 5.28 Å². The summed E-state index contributed by atoms with van der Waals surface area (Å²) < 4.78 is 59.9. The SMILES string of the molecule is O=[N+]([O-])c1cn(CCC(O)COc2ccc(N3CCC(Oc4ccc(OCc5ccc(OC(F)(F)F)cc5)cc4)CC3)cc2)c(Cl)n1. The lowest BCUT2D eigenvalue weighted by molar-refractivity contribution is -0.389. The molecule has 0 aliphatic carbocycles. The number of nitro groups is 1. The molecule has 1 aliphatic heterocycles. The van der Waals surface area contributed by atoms with Gasteiger partial charge in [-0.3, -0.25) is 4.57 Å². The van der Waals surface area contributed by atoms with Crippen molar-refractivity contribution in [1.29, 1.82) is 0 Å². The van der Waals surface area contributed by atoms with E-state index in [1.807, 2.05) is 36.4 Å². The lowest BCUT2D eigenvalue weighted by Gasteiger charge is -2.33. The highest BCUT2D eigenvalue weighted by Crippen LogP contribution is 2.27. The van der Waals surface area contributed by atoms with Crippen LogP contribution in [-0.4, -0.2) is 57.8 Å². The lowest BCUT2D eigenvalue weighted by Crippen LogP contribution is -2.38. The Morgan fingerprint density at radius 3 is 2.15 bits per heavy atom. The van der Waals surface area contributed by atoms with Crippen molar-refractivity contribution in [1.82, 2.24) is 9.55 Å². The fourth-order valence-corrected chi connectivity index (χ4v) is 5.15. The molecule has 0 spiro atoms. The molecule has 3 aromatic carbocycles. The summed E-state index contributed by atoms with van der Waals surface area (Å²) in [5.41, 5.74) is 1.76. The molecule has 4 aromatic rings. The minimum atomic E-state index is -4.73. The summed E-state index contributed by atoms with van der Waals surface area (Å²) in [6.07, 6.45) is -2.29. The molecule has 1 N–H and O–H groups in total. The molecular formula is C32H32ClF3N4O7. The van der Waals surface area contributed by atoms with Crippen molar-refractivity contribution < 1.29 is 42.1 Å². The molecule has 1 atom stereocenters. The number of piperidine rings is 1. The van der Waals surface area contributed by atoms with Crippen LogP contribution in [0.1, 0.15) is 24.8 Å². The Morgan fingerprint density at radius 2 is 1.53 bits per heavy atom. The second-order valence-electron chi connectivity index (χ2n) is 10.8. The van der Waals surface area contributed by atoms with Gasteiger partial charge in [0, 0.05) is 38.2 Å². The van der Waals surface area contributed by atoms with E-state index in [2.05, 4.69) is 14.6 Å². The van der Waals surface area contributed by atoms with Crippen LogP contribution in [-0.2, 0) is 13.2 Å². The van der Waals surface area contributed by atoms with E-state index in [1.54, 1.807) is 12.1 Å². The zero-order chi connectivity index (χ0) is 33.4. The van der Waals surface area contributed by atoms with Crippen LogP contribution in [0.5, 0.6) is 23.0 Å². The monoisotopic (exact) mass is 676 g/mol. The summed E-state index contributed by atoms with van der Waals surface area (Å²) >= 11 is 5.91. The summed E-state index contributed by atoms with van der Waals surface area (Å²) in [4.78, 5) is 16.1. The molecule has 0 radical (unpaired) electrons. The van der Waals surface area contributed by atoms with Crippen LogP contribution < -0.4 is 23.8 Å². The van der Waals surface area contributed by atoms with Crippen molar-refractivity contribution in [2.24, 2.45) is 0 Å². The molecule has 250 valence electrons. The molecule has 1 saturated heterocycles. The fourth-order valence-electron chi connectivity index (χ4n) is 4.93.